The van der Waals surface area contributed by atoms with E-state index in [0.717, 1.165) is 0 Å². The maximum Gasteiger partial charge on any atom is 0.373 e. The zero-order valence-electron chi connectivity index (χ0n) is 10.6. The van der Waals surface area contributed by atoms with Crippen LogP contribution in [0.3, 0.4) is 0 Å². The molecule has 100 valence electrons. The first-order valence-corrected chi connectivity index (χ1v) is 5.96. The molecular formula is C15H10FNO3. The van der Waals surface area contributed by atoms with E-state index < -0.39 is 5.97 Å². The first-order chi connectivity index (χ1) is 9.58. The van der Waals surface area contributed by atoms with Crippen molar-refractivity contribution in [2.45, 2.75) is 6.92 Å². The van der Waals surface area contributed by atoms with Gasteiger partial charge in [-0.15, -0.1) is 0 Å². The molecule has 2 aromatic carbocycles. The van der Waals surface area contributed by atoms with Gasteiger partial charge in [0.25, 0.3) is 0 Å². The van der Waals surface area contributed by atoms with E-state index in [0.29, 0.717) is 22.0 Å². The molecule has 0 aliphatic rings. The lowest BCUT2D eigenvalue weighted by molar-refractivity contribution is 0.0662. The molecule has 3 aromatic rings. The summed E-state index contributed by atoms with van der Waals surface area (Å²) in [6, 6.07) is 9.76. The molecule has 1 N–H and O–H groups in total. The molecule has 0 atom stereocenters. The minimum atomic E-state index is -1.17. The number of nitrogens with zero attached hydrogens (tertiary/aromatic N) is 1. The topological polar surface area (TPSA) is 63.3 Å². The fourth-order valence-electron chi connectivity index (χ4n) is 2.16. The third kappa shape index (κ3) is 1.84. The summed E-state index contributed by atoms with van der Waals surface area (Å²) < 4.78 is 19.0. The molecule has 0 saturated heterocycles. The van der Waals surface area contributed by atoms with Gasteiger partial charge in [0.1, 0.15) is 5.82 Å². The van der Waals surface area contributed by atoms with Crippen LogP contribution in [0.2, 0.25) is 0 Å². The van der Waals surface area contributed by atoms with E-state index in [4.69, 9.17) is 9.52 Å². The van der Waals surface area contributed by atoms with Crippen molar-refractivity contribution in [3.05, 3.63) is 53.7 Å². The summed E-state index contributed by atoms with van der Waals surface area (Å²) in [6.07, 6.45) is 0. The highest BCUT2D eigenvalue weighted by molar-refractivity contribution is 5.95. The maximum absolute atomic E-state index is 13.7. The smallest absolute Gasteiger partial charge is 0.373 e. The molecule has 1 heterocycles. The van der Waals surface area contributed by atoms with Crippen molar-refractivity contribution in [2.75, 3.05) is 0 Å². The Kier molecular flexibility index (Phi) is 2.75. The molecule has 0 unspecified atom stereocenters. The number of aromatic carboxylic acids is 1. The van der Waals surface area contributed by atoms with Crippen molar-refractivity contribution >= 4 is 16.7 Å². The molecule has 1 aromatic heterocycles. The number of benzene rings is 2. The number of aromatic nitrogens is 1. The molecule has 0 aliphatic heterocycles. The molecule has 4 nitrogen and oxygen atoms in total. The lowest BCUT2D eigenvalue weighted by Crippen LogP contribution is -1.95. The van der Waals surface area contributed by atoms with Gasteiger partial charge < -0.3 is 9.52 Å². The summed E-state index contributed by atoms with van der Waals surface area (Å²) in [5.41, 5.74) is 0.860. The van der Waals surface area contributed by atoms with Gasteiger partial charge in [0, 0.05) is 10.9 Å². The number of carboxylic acid groups (broad SMARTS) is 1. The Morgan fingerprint density at radius 1 is 1.20 bits per heavy atom. The van der Waals surface area contributed by atoms with Gasteiger partial charge in [-0.3, -0.25) is 0 Å². The van der Waals surface area contributed by atoms with Crippen molar-refractivity contribution in [1.29, 1.82) is 0 Å². The number of fused-ring (bicyclic) bond motifs is 1. The lowest BCUT2D eigenvalue weighted by atomic mass is 10.0. The van der Waals surface area contributed by atoms with E-state index in [-0.39, 0.29) is 17.5 Å². The summed E-state index contributed by atoms with van der Waals surface area (Å²) in [5.74, 6) is -1.54. The van der Waals surface area contributed by atoms with E-state index in [1.54, 1.807) is 31.2 Å². The van der Waals surface area contributed by atoms with Crippen molar-refractivity contribution < 1.29 is 18.7 Å². The SMILES string of the molecule is Cc1nc(-c2ccc(F)c3ccccc23)oc1C(=O)O. The minimum absolute atomic E-state index is 0.177. The van der Waals surface area contributed by atoms with Crippen LogP contribution in [-0.4, -0.2) is 16.1 Å². The van der Waals surface area contributed by atoms with Gasteiger partial charge in [-0.1, -0.05) is 24.3 Å². The number of carboxylic acids is 1. The maximum atomic E-state index is 13.7. The van der Waals surface area contributed by atoms with Crippen LogP contribution in [0.1, 0.15) is 16.2 Å². The normalized spacial score (nSPS) is 10.9. The molecule has 0 fully saturated rings. The van der Waals surface area contributed by atoms with E-state index in [9.17, 15) is 9.18 Å². The van der Waals surface area contributed by atoms with Crippen molar-refractivity contribution in [3.8, 4) is 11.5 Å². The van der Waals surface area contributed by atoms with Crippen LogP contribution in [0.4, 0.5) is 4.39 Å². The van der Waals surface area contributed by atoms with Crippen LogP contribution in [-0.2, 0) is 0 Å². The van der Waals surface area contributed by atoms with Gasteiger partial charge in [-0.25, -0.2) is 14.2 Å². The average molecular weight is 271 g/mol. The summed E-state index contributed by atoms with van der Waals surface area (Å²) in [6.45, 7) is 1.56. The number of carbonyl (C=O) groups is 1. The Morgan fingerprint density at radius 3 is 2.55 bits per heavy atom. The quantitative estimate of drug-likeness (QED) is 0.772. The van der Waals surface area contributed by atoms with E-state index in [1.807, 2.05) is 0 Å². The number of rotatable bonds is 2. The van der Waals surface area contributed by atoms with Gasteiger partial charge in [-0.2, -0.15) is 0 Å². The van der Waals surface area contributed by atoms with Gasteiger partial charge in [0.2, 0.25) is 11.7 Å². The largest absolute Gasteiger partial charge is 0.475 e. The summed E-state index contributed by atoms with van der Waals surface area (Å²) in [4.78, 5) is 15.1. The van der Waals surface area contributed by atoms with Gasteiger partial charge >= 0.3 is 5.97 Å². The predicted octanol–water partition coefficient (Wildman–Crippen LogP) is 3.64. The molecule has 0 aliphatic carbocycles. The van der Waals surface area contributed by atoms with Crippen molar-refractivity contribution in [3.63, 3.8) is 0 Å². The Labute approximate surface area is 113 Å². The standard InChI is InChI=1S/C15H10FNO3/c1-8-13(15(18)19)20-14(17-8)11-6-7-12(16)10-5-3-2-4-9(10)11/h2-7H,1H3,(H,18,19). The highest BCUT2D eigenvalue weighted by Crippen LogP contribution is 2.30. The number of aryl methyl sites for hydroxylation is 1. The number of hydrogen-bond donors (Lipinski definition) is 1. The molecule has 0 amide bonds. The Balaban J connectivity index is 2.28. The molecule has 20 heavy (non-hydrogen) atoms. The predicted molar refractivity (Wildman–Crippen MR) is 71.1 cm³/mol. The second kappa shape index (κ2) is 4.45. The molecular weight excluding hydrogens is 261 g/mol. The van der Waals surface area contributed by atoms with Crippen LogP contribution in [0, 0.1) is 12.7 Å². The zero-order chi connectivity index (χ0) is 14.3. The number of hydrogen-bond acceptors (Lipinski definition) is 3. The molecule has 0 saturated carbocycles. The Morgan fingerprint density at radius 2 is 1.90 bits per heavy atom. The zero-order valence-corrected chi connectivity index (χ0v) is 10.6. The summed E-state index contributed by atoms with van der Waals surface area (Å²) >= 11 is 0. The van der Waals surface area contributed by atoms with E-state index >= 15 is 0 Å². The van der Waals surface area contributed by atoms with Crippen LogP contribution in [0.5, 0.6) is 0 Å². The van der Waals surface area contributed by atoms with Crippen LogP contribution < -0.4 is 0 Å². The van der Waals surface area contributed by atoms with Crippen LogP contribution >= 0.6 is 0 Å². The Hall–Kier alpha value is -2.69. The van der Waals surface area contributed by atoms with Gasteiger partial charge in [-0.05, 0) is 24.4 Å². The lowest BCUT2D eigenvalue weighted by Gasteiger charge is -2.03. The van der Waals surface area contributed by atoms with Crippen LogP contribution in [0.15, 0.2) is 40.8 Å². The number of halogens is 1. The summed E-state index contributed by atoms with van der Waals surface area (Å²) in [5, 5.41) is 10.1. The molecule has 0 radical (unpaired) electrons. The highest BCUT2D eigenvalue weighted by Gasteiger charge is 2.19. The monoisotopic (exact) mass is 271 g/mol. The van der Waals surface area contributed by atoms with E-state index in [2.05, 4.69) is 4.98 Å². The van der Waals surface area contributed by atoms with Crippen molar-refractivity contribution in [2.24, 2.45) is 0 Å². The first-order valence-electron chi connectivity index (χ1n) is 5.96. The Bertz CT molecular complexity index is 823. The first kappa shape index (κ1) is 12.3. The second-order valence-corrected chi connectivity index (χ2v) is 4.38. The fraction of sp³-hybridized carbons (Fsp3) is 0.0667. The number of oxazole rings is 1. The van der Waals surface area contributed by atoms with Gasteiger partial charge in [0.05, 0.1) is 5.69 Å². The third-order valence-corrected chi connectivity index (χ3v) is 3.09. The molecule has 5 heteroatoms. The van der Waals surface area contributed by atoms with Gasteiger partial charge in [0.15, 0.2) is 0 Å². The molecule has 0 spiro atoms. The summed E-state index contributed by atoms with van der Waals surface area (Å²) in [7, 11) is 0. The molecule has 3 rings (SSSR count). The van der Waals surface area contributed by atoms with Crippen LogP contribution in [0.25, 0.3) is 22.2 Å². The third-order valence-electron chi connectivity index (χ3n) is 3.09. The van der Waals surface area contributed by atoms with E-state index in [1.165, 1.54) is 12.1 Å². The fourth-order valence-corrected chi connectivity index (χ4v) is 2.16. The highest BCUT2D eigenvalue weighted by atomic mass is 19.1. The minimum Gasteiger partial charge on any atom is -0.475 e. The average Bonchev–Trinajstić information content (AvgIpc) is 2.81. The second-order valence-electron chi connectivity index (χ2n) is 4.38. The molecule has 0 bridgehead atoms. The van der Waals surface area contributed by atoms with Crippen molar-refractivity contribution in [1.82, 2.24) is 4.98 Å².